The largest absolute Gasteiger partial charge is 0.495 e. The van der Waals surface area contributed by atoms with Gasteiger partial charge in [0.2, 0.25) is 10.0 Å². The van der Waals surface area contributed by atoms with Crippen LogP contribution in [0.3, 0.4) is 0 Å². The molecule has 146 valence electrons. The van der Waals surface area contributed by atoms with Gasteiger partial charge < -0.3 is 9.64 Å². The number of methoxy groups -OCH3 is 1. The molecule has 27 heavy (non-hydrogen) atoms. The first-order chi connectivity index (χ1) is 12.7. The molecule has 2 aromatic carbocycles. The van der Waals surface area contributed by atoms with Crippen molar-refractivity contribution in [3.05, 3.63) is 50.4 Å². The quantitative estimate of drug-likeness (QED) is 0.644. The van der Waals surface area contributed by atoms with E-state index in [9.17, 15) is 8.42 Å². The second kappa shape index (κ2) is 8.23. The van der Waals surface area contributed by atoms with Crippen molar-refractivity contribution < 1.29 is 13.2 Å². The average Bonchev–Trinajstić information content (AvgIpc) is 2.65. The number of nitrogens with zero attached hydrogens (tertiary/aromatic N) is 2. The number of rotatable bonds is 4. The lowest BCUT2D eigenvalue weighted by Crippen LogP contribution is -2.48. The highest BCUT2D eigenvalue weighted by Gasteiger charge is 2.31. The highest BCUT2D eigenvalue weighted by atomic mass is 35.5. The summed E-state index contributed by atoms with van der Waals surface area (Å²) in [5.74, 6) is 0.324. The van der Waals surface area contributed by atoms with E-state index in [2.05, 4.69) is 4.90 Å². The number of sulfonamides is 1. The van der Waals surface area contributed by atoms with E-state index < -0.39 is 10.0 Å². The Labute approximate surface area is 178 Å². The van der Waals surface area contributed by atoms with E-state index in [1.807, 2.05) is 6.07 Å². The second-order valence-corrected chi connectivity index (χ2v) is 9.44. The first kappa shape index (κ1) is 20.8. The van der Waals surface area contributed by atoms with Crippen molar-refractivity contribution in [3.8, 4) is 5.75 Å². The Bertz CT molecular complexity index is 961. The van der Waals surface area contributed by atoms with Crippen LogP contribution >= 0.6 is 46.4 Å². The molecule has 0 aromatic heterocycles. The molecule has 0 aliphatic carbocycles. The van der Waals surface area contributed by atoms with Crippen LogP contribution in [-0.4, -0.2) is 46.0 Å². The van der Waals surface area contributed by atoms with Crippen LogP contribution in [0.1, 0.15) is 0 Å². The molecule has 5 nitrogen and oxygen atoms in total. The number of ether oxygens (including phenoxy) is 1. The maximum Gasteiger partial charge on any atom is 0.244 e. The molecular weight excluding hydrogens is 454 g/mol. The van der Waals surface area contributed by atoms with Gasteiger partial charge in [0.25, 0.3) is 0 Å². The molecule has 0 amide bonds. The summed E-state index contributed by atoms with van der Waals surface area (Å²) in [7, 11) is -2.33. The van der Waals surface area contributed by atoms with Gasteiger partial charge in [0, 0.05) is 37.9 Å². The maximum absolute atomic E-state index is 13.0. The van der Waals surface area contributed by atoms with Crippen molar-refractivity contribution in [2.45, 2.75) is 4.90 Å². The van der Waals surface area contributed by atoms with Crippen LogP contribution in [0.15, 0.2) is 35.2 Å². The van der Waals surface area contributed by atoms with Crippen molar-refractivity contribution in [2.75, 3.05) is 38.2 Å². The summed E-state index contributed by atoms with van der Waals surface area (Å²) in [5.41, 5.74) is 0.895. The lowest BCUT2D eigenvalue weighted by molar-refractivity contribution is 0.384. The third-order valence-corrected chi connectivity index (χ3v) is 7.73. The minimum absolute atomic E-state index is 0.0297. The molecule has 0 bridgehead atoms. The molecule has 1 saturated heterocycles. The number of anilines is 1. The Morgan fingerprint density at radius 2 is 1.52 bits per heavy atom. The zero-order valence-electron chi connectivity index (χ0n) is 14.3. The van der Waals surface area contributed by atoms with Crippen LogP contribution < -0.4 is 9.64 Å². The fraction of sp³-hybridized carbons (Fsp3) is 0.294. The van der Waals surface area contributed by atoms with Crippen molar-refractivity contribution in [3.63, 3.8) is 0 Å². The van der Waals surface area contributed by atoms with Gasteiger partial charge in [0.15, 0.2) is 0 Å². The van der Waals surface area contributed by atoms with Gasteiger partial charge in [0.1, 0.15) is 10.6 Å². The van der Waals surface area contributed by atoms with Crippen LogP contribution in [0.5, 0.6) is 5.75 Å². The molecule has 0 radical (unpaired) electrons. The van der Waals surface area contributed by atoms with Crippen LogP contribution in [0.4, 0.5) is 5.69 Å². The smallest absolute Gasteiger partial charge is 0.244 e. The van der Waals surface area contributed by atoms with Gasteiger partial charge in [-0.05, 0) is 24.3 Å². The van der Waals surface area contributed by atoms with Gasteiger partial charge in [-0.3, -0.25) is 0 Å². The van der Waals surface area contributed by atoms with E-state index in [4.69, 9.17) is 51.1 Å². The zero-order valence-corrected chi connectivity index (χ0v) is 18.1. The third kappa shape index (κ3) is 4.26. The molecule has 1 heterocycles. The van der Waals surface area contributed by atoms with Gasteiger partial charge in [-0.1, -0.05) is 46.4 Å². The number of hydrogen-bond donors (Lipinski definition) is 0. The Hall–Kier alpha value is -0.890. The van der Waals surface area contributed by atoms with Crippen molar-refractivity contribution >= 4 is 62.1 Å². The highest BCUT2D eigenvalue weighted by molar-refractivity contribution is 7.89. The number of piperazine rings is 1. The monoisotopic (exact) mass is 468 g/mol. The summed E-state index contributed by atoms with van der Waals surface area (Å²) in [4.78, 5) is 2.02. The molecule has 0 N–H and O–H groups in total. The molecule has 0 atom stereocenters. The van der Waals surface area contributed by atoms with E-state index in [0.717, 1.165) is 5.69 Å². The number of hydrogen-bond acceptors (Lipinski definition) is 4. The fourth-order valence-electron chi connectivity index (χ4n) is 2.87. The summed E-state index contributed by atoms with van der Waals surface area (Å²) in [6.07, 6.45) is 0. The Kier molecular flexibility index (Phi) is 6.35. The average molecular weight is 470 g/mol. The third-order valence-electron chi connectivity index (χ3n) is 4.33. The molecule has 1 aliphatic rings. The summed E-state index contributed by atoms with van der Waals surface area (Å²) in [6.45, 7) is 1.64. The Balaban J connectivity index is 1.79. The van der Waals surface area contributed by atoms with Gasteiger partial charge >= 0.3 is 0 Å². The molecular formula is C17H16Cl4N2O3S. The van der Waals surface area contributed by atoms with Gasteiger partial charge in [-0.15, -0.1) is 0 Å². The normalized spacial score (nSPS) is 15.8. The molecule has 0 spiro atoms. The van der Waals surface area contributed by atoms with Crippen LogP contribution in [0.25, 0.3) is 0 Å². The second-order valence-electron chi connectivity index (χ2n) is 5.91. The van der Waals surface area contributed by atoms with E-state index in [1.54, 1.807) is 12.1 Å². The minimum atomic E-state index is -3.77. The molecule has 1 aliphatic heterocycles. The van der Waals surface area contributed by atoms with Crippen molar-refractivity contribution in [1.29, 1.82) is 0 Å². The lowest BCUT2D eigenvalue weighted by atomic mass is 10.2. The lowest BCUT2D eigenvalue weighted by Gasteiger charge is -2.35. The highest BCUT2D eigenvalue weighted by Crippen LogP contribution is 2.35. The van der Waals surface area contributed by atoms with E-state index in [-0.39, 0.29) is 14.9 Å². The number of benzene rings is 2. The molecule has 3 rings (SSSR count). The predicted octanol–water partition coefficient (Wildman–Crippen LogP) is 4.82. The summed E-state index contributed by atoms with van der Waals surface area (Å²) in [6, 6.07) is 8.08. The predicted molar refractivity (Wildman–Crippen MR) is 110 cm³/mol. The van der Waals surface area contributed by atoms with E-state index >= 15 is 0 Å². The van der Waals surface area contributed by atoms with Crippen molar-refractivity contribution in [2.24, 2.45) is 0 Å². The minimum Gasteiger partial charge on any atom is -0.495 e. The van der Waals surface area contributed by atoms with E-state index in [1.165, 1.54) is 23.5 Å². The number of halogens is 4. The molecule has 2 aromatic rings. The molecule has 1 fully saturated rings. The topological polar surface area (TPSA) is 49.9 Å². The summed E-state index contributed by atoms with van der Waals surface area (Å²) >= 11 is 24.3. The van der Waals surface area contributed by atoms with Crippen molar-refractivity contribution in [1.82, 2.24) is 4.31 Å². The molecule has 0 saturated carbocycles. The SMILES string of the molecule is COc1cc(Cl)c(S(=O)(=O)N2CCN(c3ccc(Cl)c(Cl)c3)CC2)cc1Cl. The van der Waals surface area contributed by atoms with Crippen LogP contribution in [0, 0.1) is 0 Å². The first-order valence-corrected chi connectivity index (χ1v) is 10.9. The molecule has 0 unspecified atom stereocenters. The summed E-state index contributed by atoms with van der Waals surface area (Å²) in [5, 5.41) is 1.20. The standard InChI is InChI=1S/C17H16Cl4N2O3S/c1-26-16-9-15(21)17(10-14(16)20)27(24,25)23-6-4-22(5-7-23)11-2-3-12(18)13(19)8-11/h2-3,8-10H,4-7H2,1H3. The van der Waals surface area contributed by atoms with Gasteiger partial charge in [-0.2, -0.15) is 4.31 Å². The van der Waals surface area contributed by atoms with Crippen LogP contribution in [-0.2, 0) is 10.0 Å². The maximum atomic E-state index is 13.0. The molecule has 10 heteroatoms. The Morgan fingerprint density at radius 1 is 0.852 bits per heavy atom. The van der Waals surface area contributed by atoms with Gasteiger partial charge in [0.05, 0.1) is 27.2 Å². The zero-order chi connectivity index (χ0) is 19.8. The first-order valence-electron chi connectivity index (χ1n) is 7.97. The van der Waals surface area contributed by atoms with Crippen LogP contribution in [0.2, 0.25) is 20.1 Å². The van der Waals surface area contributed by atoms with E-state index in [0.29, 0.717) is 42.0 Å². The van der Waals surface area contributed by atoms with Gasteiger partial charge in [-0.25, -0.2) is 8.42 Å². The Morgan fingerprint density at radius 3 is 2.11 bits per heavy atom. The summed E-state index contributed by atoms with van der Waals surface area (Å²) < 4.78 is 32.4. The fourth-order valence-corrected chi connectivity index (χ4v) is 5.41.